The third-order valence-corrected chi connectivity index (χ3v) is 2.45. The highest BCUT2D eigenvalue weighted by Crippen LogP contribution is 2.12. The van der Waals surface area contributed by atoms with Gasteiger partial charge >= 0.3 is 0 Å². The maximum absolute atomic E-state index is 11.5. The molecule has 1 atom stereocenters. The van der Waals surface area contributed by atoms with Crippen LogP contribution in [-0.4, -0.2) is 24.9 Å². The number of carbonyl (C=O) groups is 2. The maximum atomic E-state index is 11.5. The van der Waals surface area contributed by atoms with Gasteiger partial charge in [-0.25, -0.2) is 0 Å². The zero-order valence-electron chi connectivity index (χ0n) is 8.64. The predicted molar refractivity (Wildman–Crippen MR) is 53.7 cm³/mol. The van der Waals surface area contributed by atoms with Crippen LogP contribution in [0.1, 0.15) is 32.6 Å². The van der Waals surface area contributed by atoms with Gasteiger partial charge in [-0.1, -0.05) is 13.3 Å². The van der Waals surface area contributed by atoms with Gasteiger partial charge in [-0.15, -0.1) is 0 Å². The average Bonchev–Trinajstić information content (AvgIpc) is 2.18. The number of hydrogen-bond acceptors (Lipinski definition) is 2. The SMILES string of the molecule is CCCCNC(=O)C1CCNC(=O)C1. The molecule has 1 unspecified atom stereocenters. The lowest BCUT2D eigenvalue weighted by Crippen LogP contribution is -2.41. The van der Waals surface area contributed by atoms with Crippen molar-refractivity contribution in [3.8, 4) is 0 Å². The minimum Gasteiger partial charge on any atom is -0.356 e. The summed E-state index contributed by atoms with van der Waals surface area (Å²) in [6.07, 6.45) is 3.19. The normalized spacial score (nSPS) is 21.5. The fraction of sp³-hybridized carbons (Fsp3) is 0.800. The van der Waals surface area contributed by atoms with E-state index in [1.807, 2.05) is 0 Å². The van der Waals surface area contributed by atoms with Crippen molar-refractivity contribution in [3.63, 3.8) is 0 Å². The number of hydrogen-bond donors (Lipinski definition) is 2. The van der Waals surface area contributed by atoms with Gasteiger partial charge in [0, 0.05) is 25.4 Å². The Morgan fingerprint density at radius 1 is 1.64 bits per heavy atom. The van der Waals surface area contributed by atoms with Crippen LogP contribution < -0.4 is 10.6 Å². The summed E-state index contributed by atoms with van der Waals surface area (Å²) in [7, 11) is 0. The minimum atomic E-state index is -0.111. The molecule has 1 aliphatic heterocycles. The van der Waals surface area contributed by atoms with Crippen LogP contribution in [0.2, 0.25) is 0 Å². The molecule has 0 aromatic rings. The van der Waals surface area contributed by atoms with E-state index in [0.29, 0.717) is 13.0 Å². The average molecular weight is 198 g/mol. The Morgan fingerprint density at radius 2 is 2.43 bits per heavy atom. The first kappa shape index (κ1) is 11.0. The van der Waals surface area contributed by atoms with E-state index in [0.717, 1.165) is 25.8 Å². The molecule has 0 aromatic heterocycles. The van der Waals surface area contributed by atoms with E-state index in [-0.39, 0.29) is 17.7 Å². The summed E-state index contributed by atoms with van der Waals surface area (Å²) in [6, 6.07) is 0. The fourth-order valence-electron chi connectivity index (χ4n) is 1.54. The smallest absolute Gasteiger partial charge is 0.223 e. The second-order valence-corrected chi connectivity index (χ2v) is 3.68. The van der Waals surface area contributed by atoms with E-state index in [9.17, 15) is 9.59 Å². The predicted octanol–water partition coefficient (Wildman–Crippen LogP) is 0.429. The number of carbonyl (C=O) groups excluding carboxylic acids is 2. The molecule has 14 heavy (non-hydrogen) atoms. The monoisotopic (exact) mass is 198 g/mol. The number of amides is 2. The Bertz CT molecular complexity index is 216. The second-order valence-electron chi connectivity index (χ2n) is 3.68. The van der Waals surface area contributed by atoms with E-state index in [1.54, 1.807) is 0 Å². The van der Waals surface area contributed by atoms with E-state index in [4.69, 9.17) is 0 Å². The summed E-state index contributed by atoms with van der Waals surface area (Å²) in [6.45, 7) is 3.44. The first-order valence-electron chi connectivity index (χ1n) is 5.28. The molecule has 0 spiro atoms. The van der Waals surface area contributed by atoms with Gasteiger partial charge in [0.2, 0.25) is 11.8 Å². The van der Waals surface area contributed by atoms with Crippen LogP contribution in [-0.2, 0) is 9.59 Å². The highest BCUT2D eigenvalue weighted by atomic mass is 16.2. The van der Waals surface area contributed by atoms with E-state index < -0.39 is 0 Å². The zero-order chi connectivity index (χ0) is 10.4. The Morgan fingerprint density at radius 3 is 3.07 bits per heavy atom. The van der Waals surface area contributed by atoms with Crippen LogP contribution in [0.4, 0.5) is 0 Å². The lowest BCUT2D eigenvalue weighted by Gasteiger charge is -2.21. The molecule has 2 amide bonds. The molecule has 1 saturated heterocycles. The largest absolute Gasteiger partial charge is 0.356 e. The van der Waals surface area contributed by atoms with Crippen molar-refractivity contribution in [3.05, 3.63) is 0 Å². The van der Waals surface area contributed by atoms with Crippen molar-refractivity contribution in [2.75, 3.05) is 13.1 Å². The van der Waals surface area contributed by atoms with Crippen LogP contribution in [0.25, 0.3) is 0 Å². The molecule has 4 heteroatoms. The first-order chi connectivity index (χ1) is 6.74. The van der Waals surface area contributed by atoms with E-state index in [2.05, 4.69) is 17.6 Å². The molecule has 0 saturated carbocycles. The highest BCUT2D eigenvalue weighted by molar-refractivity contribution is 5.86. The summed E-state index contributed by atoms with van der Waals surface area (Å²) >= 11 is 0. The van der Waals surface area contributed by atoms with Crippen molar-refractivity contribution in [2.45, 2.75) is 32.6 Å². The highest BCUT2D eigenvalue weighted by Gasteiger charge is 2.24. The molecule has 0 aromatic carbocycles. The molecule has 1 fully saturated rings. The van der Waals surface area contributed by atoms with Gasteiger partial charge in [-0.2, -0.15) is 0 Å². The molecule has 1 aliphatic rings. The zero-order valence-corrected chi connectivity index (χ0v) is 8.64. The summed E-state index contributed by atoms with van der Waals surface area (Å²) in [5.74, 6) is -0.0826. The van der Waals surface area contributed by atoms with Crippen LogP contribution in [0.3, 0.4) is 0 Å². The molecular formula is C10H18N2O2. The van der Waals surface area contributed by atoms with E-state index >= 15 is 0 Å². The second kappa shape index (κ2) is 5.62. The molecular weight excluding hydrogens is 180 g/mol. The van der Waals surface area contributed by atoms with Gasteiger partial charge in [0.1, 0.15) is 0 Å². The summed E-state index contributed by atoms with van der Waals surface area (Å²) < 4.78 is 0. The Kier molecular flexibility index (Phi) is 4.43. The quantitative estimate of drug-likeness (QED) is 0.643. The minimum absolute atomic E-state index is 0.00751. The number of piperidine rings is 1. The van der Waals surface area contributed by atoms with Crippen molar-refractivity contribution >= 4 is 11.8 Å². The standard InChI is InChI=1S/C10H18N2O2/c1-2-3-5-12-10(14)8-4-6-11-9(13)7-8/h8H,2-7H2,1H3,(H,11,13)(H,12,14). The molecule has 4 nitrogen and oxygen atoms in total. The molecule has 80 valence electrons. The molecule has 0 bridgehead atoms. The Labute approximate surface area is 84.4 Å². The third kappa shape index (κ3) is 3.36. The van der Waals surface area contributed by atoms with Gasteiger partial charge in [0.15, 0.2) is 0 Å². The van der Waals surface area contributed by atoms with Crippen LogP contribution in [0.5, 0.6) is 0 Å². The van der Waals surface area contributed by atoms with Crippen LogP contribution >= 0.6 is 0 Å². The third-order valence-electron chi connectivity index (χ3n) is 2.45. The Hall–Kier alpha value is -1.06. The number of nitrogens with one attached hydrogen (secondary N) is 2. The topological polar surface area (TPSA) is 58.2 Å². The summed E-state index contributed by atoms with van der Waals surface area (Å²) in [4.78, 5) is 22.5. The van der Waals surface area contributed by atoms with Crippen LogP contribution in [0, 0.1) is 5.92 Å². The van der Waals surface area contributed by atoms with Gasteiger partial charge < -0.3 is 10.6 Å². The molecule has 0 aliphatic carbocycles. The van der Waals surface area contributed by atoms with E-state index in [1.165, 1.54) is 0 Å². The number of unbranched alkanes of at least 4 members (excludes halogenated alkanes) is 1. The molecule has 1 rings (SSSR count). The van der Waals surface area contributed by atoms with Crippen molar-refractivity contribution in [1.29, 1.82) is 0 Å². The fourth-order valence-corrected chi connectivity index (χ4v) is 1.54. The van der Waals surface area contributed by atoms with Crippen molar-refractivity contribution in [1.82, 2.24) is 10.6 Å². The Balaban J connectivity index is 2.25. The van der Waals surface area contributed by atoms with Crippen molar-refractivity contribution in [2.24, 2.45) is 5.92 Å². The molecule has 0 radical (unpaired) electrons. The van der Waals surface area contributed by atoms with Gasteiger partial charge in [0.25, 0.3) is 0 Å². The maximum Gasteiger partial charge on any atom is 0.223 e. The lowest BCUT2D eigenvalue weighted by molar-refractivity contribution is -0.132. The van der Waals surface area contributed by atoms with Crippen molar-refractivity contribution < 1.29 is 9.59 Å². The summed E-state index contributed by atoms with van der Waals surface area (Å²) in [5.41, 5.74) is 0. The number of rotatable bonds is 4. The molecule has 1 heterocycles. The van der Waals surface area contributed by atoms with Gasteiger partial charge in [-0.05, 0) is 12.8 Å². The van der Waals surface area contributed by atoms with Crippen LogP contribution in [0.15, 0.2) is 0 Å². The van der Waals surface area contributed by atoms with Gasteiger partial charge in [-0.3, -0.25) is 9.59 Å². The molecule has 2 N–H and O–H groups in total. The summed E-state index contributed by atoms with van der Waals surface area (Å²) in [5, 5.41) is 5.57. The first-order valence-corrected chi connectivity index (χ1v) is 5.28. The van der Waals surface area contributed by atoms with Gasteiger partial charge in [0.05, 0.1) is 0 Å². The lowest BCUT2D eigenvalue weighted by atomic mass is 9.97.